The monoisotopic (exact) mass is 232 g/mol. The zero-order valence-electron chi connectivity index (χ0n) is 10.9. The van der Waals surface area contributed by atoms with Gasteiger partial charge in [-0.05, 0) is 26.7 Å². The summed E-state index contributed by atoms with van der Waals surface area (Å²) in [6.07, 6.45) is 5.77. The second-order valence-electron chi connectivity index (χ2n) is 4.81. The molecule has 1 aliphatic rings. The predicted molar refractivity (Wildman–Crippen MR) is 60.2 cm³/mol. The quantitative estimate of drug-likeness (QED) is 0.654. The van der Waals surface area contributed by atoms with E-state index < -0.39 is 11.6 Å². The van der Waals surface area contributed by atoms with E-state index in [1.807, 2.05) is 13.8 Å². The third-order valence-corrected chi connectivity index (χ3v) is 2.76. The Bertz CT molecular complexity index is 175. The highest BCUT2D eigenvalue weighted by molar-refractivity contribution is 4.66. The first-order valence-corrected chi connectivity index (χ1v) is 6.27. The minimum absolute atomic E-state index is 0.762. The summed E-state index contributed by atoms with van der Waals surface area (Å²) >= 11 is 0. The molecule has 1 fully saturated rings. The number of hydrogen-bond donors (Lipinski definition) is 0. The SMILES string of the molecule is CCCCC1(C)OOC(C)(CCCC)OO1. The fourth-order valence-electron chi connectivity index (χ4n) is 1.54. The van der Waals surface area contributed by atoms with Crippen molar-refractivity contribution in [3.05, 3.63) is 0 Å². The van der Waals surface area contributed by atoms with E-state index >= 15 is 0 Å². The molecule has 0 aromatic heterocycles. The molecular formula is C12H24O4. The molecule has 0 N–H and O–H groups in total. The second-order valence-corrected chi connectivity index (χ2v) is 4.81. The van der Waals surface area contributed by atoms with Gasteiger partial charge in [0.1, 0.15) is 0 Å². The van der Waals surface area contributed by atoms with E-state index in [1.54, 1.807) is 0 Å². The van der Waals surface area contributed by atoms with Crippen molar-refractivity contribution in [1.82, 2.24) is 0 Å². The van der Waals surface area contributed by atoms with Crippen LogP contribution in [-0.2, 0) is 19.6 Å². The normalized spacial score (nSPS) is 35.2. The van der Waals surface area contributed by atoms with Crippen LogP contribution in [0, 0.1) is 0 Å². The van der Waals surface area contributed by atoms with E-state index in [4.69, 9.17) is 19.6 Å². The first-order chi connectivity index (χ1) is 7.54. The summed E-state index contributed by atoms with van der Waals surface area (Å²) in [6.45, 7) is 7.92. The summed E-state index contributed by atoms with van der Waals surface area (Å²) in [5.74, 6) is -1.52. The Kier molecular flexibility index (Phi) is 5.18. The maximum absolute atomic E-state index is 5.33. The van der Waals surface area contributed by atoms with Crippen LogP contribution in [0.4, 0.5) is 0 Å². The van der Waals surface area contributed by atoms with Crippen LogP contribution in [0.2, 0.25) is 0 Å². The van der Waals surface area contributed by atoms with Gasteiger partial charge in [0.05, 0.1) is 0 Å². The zero-order valence-corrected chi connectivity index (χ0v) is 10.9. The summed E-state index contributed by atoms with van der Waals surface area (Å²) < 4.78 is 0. The van der Waals surface area contributed by atoms with Gasteiger partial charge >= 0.3 is 0 Å². The molecule has 4 nitrogen and oxygen atoms in total. The van der Waals surface area contributed by atoms with Gasteiger partial charge < -0.3 is 0 Å². The molecular weight excluding hydrogens is 208 g/mol. The molecule has 0 aliphatic carbocycles. The van der Waals surface area contributed by atoms with E-state index in [0.29, 0.717) is 0 Å². The van der Waals surface area contributed by atoms with Crippen molar-refractivity contribution >= 4 is 0 Å². The molecule has 0 radical (unpaired) electrons. The molecule has 0 amide bonds. The minimum Gasteiger partial charge on any atom is -0.195 e. The molecule has 0 aromatic rings. The van der Waals surface area contributed by atoms with Gasteiger partial charge in [0.25, 0.3) is 0 Å². The summed E-state index contributed by atoms with van der Waals surface area (Å²) in [4.78, 5) is 21.3. The molecule has 0 saturated carbocycles. The van der Waals surface area contributed by atoms with Crippen LogP contribution in [0.25, 0.3) is 0 Å². The summed E-state index contributed by atoms with van der Waals surface area (Å²) in [5.41, 5.74) is 0. The molecule has 4 heteroatoms. The third kappa shape index (κ3) is 4.01. The summed E-state index contributed by atoms with van der Waals surface area (Å²) in [7, 11) is 0. The van der Waals surface area contributed by atoms with Crippen molar-refractivity contribution in [2.24, 2.45) is 0 Å². The summed E-state index contributed by atoms with van der Waals surface area (Å²) in [5, 5.41) is 0. The largest absolute Gasteiger partial charge is 0.231 e. The highest BCUT2D eigenvalue weighted by atomic mass is 17.4. The molecule has 16 heavy (non-hydrogen) atoms. The van der Waals surface area contributed by atoms with Crippen LogP contribution < -0.4 is 0 Å². The van der Waals surface area contributed by atoms with Crippen molar-refractivity contribution in [2.75, 3.05) is 0 Å². The first-order valence-electron chi connectivity index (χ1n) is 6.27. The number of hydrogen-bond acceptors (Lipinski definition) is 4. The van der Waals surface area contributed by atoms with Gasteiger partial charge in [-0.2, -0.15) is 19.6 Å². The Hall–Kier alpha value is -0.160. The van der Waals surface area contributed by atoms with Gasteiger partial charge in [-0.15, -0.1) is 0 Å². The van der Waals surface area contributed by atoms with Crippen molar-refractivity contribution in [3.63, 3.8) is 0 Å². The lowest BCUT2D eigenvalue weighted by Crippen LogP contribution is -2.47. The molecule has 1 rings (SSSR count). The summed E-state index contributed by atoms with van der Waals surface area (Å²) in [6, 6.07) is 0. The Balaban J connectivity index is 2.36. The van der Waals surface area contributed by atoms with Crippen molar-refractivity contribution in [1.29, 1.82) is 0 Å². The standard InChI is InChI=1S/C12H24O4/c1-5-7-9-11(3)13-15-12(4,16-14-11)10-8-6-2/h5-10H2,1-4H3. The molecule has 0 bridgehead atoms. The molecule has 1 saturated heterocycles. The molecule has 0 aromatic carbocycles. The Morgan fingerprint density at radius 2 is 1.00 bits per heavy atom. The Labute approximate surface area is 98.1 Å². The molecule has 96 valence electrons. The van der Waals surface area contributed by atoms with Gasteiger partial charge in [0.15, 0.2) is 0 Å². The lowest BCUT2D eigenvalue weighted by atomic mass is 10.1. The highest BCUT2D eigenvalue weighted by Crippen LogP contribution is 2.34. The van der Waals surface area contributed by atoms with E-state index in [-0.39, 0.29) is 0 Å². The topological polar surface area (TPSA) is 36.9 Å². The van der Waals surface area contributed by atoms with Gasteiger partial charge in [-0.1, -0.05) is 26.7 Å². The highest BCUT2D eigenvalue weighted by Gasteiger charge is 2.42. The first kappa shape index (κ1) is 13.9. The minimum atomic E-state index is -0.762. The van der Waals surface area contributed by atoms with Crippen LogP contribution in [0.1, 0.15) is 66.2 Å². The van der Waals surface area contributed by atoms with Crippen molar-refractivity contribution in [2.45, 2.75) is 77.8 Å². The van der Waals surface area contributed by atoms with Gasteiger partial charge in [0, 0.05) is 12.8 Å². The Morgan fingerprint density at radius 3 is 1.25 bits per heavy atom. The molecule has 0 spiro atoms. The van der Waals surface area contributed by atoms with Gasteiger partial charge in [0.2, 0.25) is 11.6 Å². The lowest BCUT2D eigenvalue weighted by Gasteiger charge is -2.39. The maximum Gasteiger partial charge on any atom is 0.231 e. The molecule has 0 atom stereocenters. The smallest absolute Gasteiger partial charge is 0.195 e. The van der Waals surface area contributed by atoms with Crippen molar-refractivity contribution in [3.8, 4) is 0 Å². The van der Waals surface area contributed by atoms with E-state index in [9.17, 15) is 0 Å². The van der Waals surface area contributed by atoms with Gasteiger partial charge in [-0.25, -0.2) is 0 Å². The number of unbranched alkanes of at least 4 members (excludes halogenated alkanes) is 2. The van der Waals surface area contributed by atoms with Gasteiger partial charge in [-0.3, -0.25) is 0 Å². The molecule has 1 heterocycles. The average molecular weight is 232 g/mol. The van der Waals surface area contributed by atoms with Crippen LogP contribution in [0.5, 0.6) is 0 Å². The van der Waals surface area contributed by atoms with Crippen LogP contribution in [0.3, 0.4) is 0 Å². The fraction of sp³-hybridized carbons (Fsp3) is 1.00. The van der Waals surface area contributed by atoms with Crippen LogP contribution in [-0.4, -0.2) is 11.6 Å². The van der Waals surface area contributed by atoms with Crippen LogP contribution >= 0.6 is 0 Å². The fourth-order valence-corrected chi connectivity index (χ4v) is 1.54. The second kappa shape index (κ2) is 5.96. The zero-order chi connectivity index (χ0) is 12.1. The third-order valence-electron chi connectivity index (χ3n) is 2.76. The Morgan fingerprint density at radius 1 is 0.688 bits per heavy atom. The average Bonchev–Trinajstić information content (AvgIpc) is 2.29. The lowest BCUT2D eigenvalue weighted by molar-refractivity contribution is -0.652. The van der Waals surface area contributed by atoms with Crippen LogP contribution in [0.15, 0.2) is 0 Å². The van der Waals surface area contributed by atoms with E-state index in [0.717, 1.165) is 38.5 Å². The van der Waals surface area contributed by atoms with E-state index in [1.165, 1.54) is 0 Å². The molecule has 0 unspecified atom stereocenters. The molecule has 1 aliphatic heterocycles. The van der Waals surface area contributed by atoms with E-state index in [2.05, 4.69) is 13.8 Å². The van der Waals surface area contributed by atoms with Crippen molar-refractivity contribution < 1.29 is 19.6 Å². The maximum atomic E-state index is 5.33. The number of rotatable bonds is 6. The predicted octanol–water partition coefficient (Wildman–Crippen LogP) is 3.71.